The van der Waals surface area contributed by atoms with Gasteiger partial charge in [-0.1, -0.05) is 5.16 Å². The monoisotopic (exact) mass is 375 g/mol. The molecule has 0 aliphatic carbocycles. The molecular weight excluding hydrogens is 358 g/mol. The van der Waals surface area contributed by atoms with Crippen LogP contribution in [0.3, 0.4) is 0 Å². The van der Waals surface area contributed by atoms with Crippen LogP contribution in [0.25, 0.3) is 17.1 Å². The molecule has 0 spiro atoms. The summed E-state index contributed by atoms with van der Waals surface area (Å²) < 4.78 is 7.07. The summed E-state index contributed by atoms with van der Waals surface area (Å²) in [6, 6.07) is 12.8. The van der Waals surface area contributed by atoms with Crippen molar-refractivity contribution < 1.29 is 9.32 Å². The number of nitrogens with one attached hydrogen (secondary N) is 2. The second-order valence-electron chi connectivity index (χ2n) is 5.87. The zero-order valence-corrected chi connectivity index (χ0v) is 14.8. The maximum absolute atomic E-state index is 12.2. The molecular formula is C19H17N7O2. The Morgan fingerprint density at radius 3 is 2.71 bits per heavy atom. The quantitative estimate of drug-likeness (QED) is 0.476. The van der Waals surface area contributed by atoms with Crippen LogP contribution >= 0.6 is 0 Å². The average molecular weight is 375 g/mol. The molecule has 4 aromatic heterocycles. The third-order valence-electron chi connectivity index (χ3n) is 3.92. The van der Waals surface area contributed by atoms with E-state index < -0.39 is 0 Å². The second kappa shape index (κ2) is 8.12. The lowest BCUT2D eigenvalue weighted by atomic mass is 10.2. The summed E-state index contributed by atoms with van der Waals surface area (Å²) in [5, 5.41) is 18.0. The summed E-state index contributed by atoms with van der Waals surface area (Å²) in [6.45, 7) is 0.894. The van der Waals surface area contributed by atoms with E-state index in [1.54, 1.807) is 24.5 Å². The van der Waals surface area contributed by atoms with E-state index in [1.165, 1.54) is 0 Å². The van der Waals surface area contributed by atoms with Crippen LogP contribution in [0.4, 0.5) is 5.82 Å². The molecule has 0 unspecified atom stereocenters. The van der Waals surface area contributed by atoms with Crippen LogP contribution in [0, 0.1) is 0 Å². The van der Waals surface area contributed by atoms with Gasteiger partial charge < -0.3 is 19.7 Å². The van der Waals surface area contributed by atoms with Crippen LogP contribution in [0.1, 0.15) is 10.5 Å². The van der Waals surface area contributed by atoms with Gasteiger partial charge in [0.2, 0.25) is 0 Å². The number of hydrogen-bond acceptors (Lipinski definition) is 7. The van der Waals surface area contributed by atoms with Crippen molar-refractivity contribution in [3.63, 3.8) is 0 Å². The molecule has 4 heterocycles. The summed E-state index contributed by atoms with van der Waals surface area (Å²) in [5.74, 6) is 1.55. The molecule has 0 fully saturated rings. The standard InChI is InChI=1S/C19H17N7O2/c27-19(15-12-16(28-25-15)14-4-3-7-20-13-14)22-9-8-21-17-5-6-18(24-23-17)26-10-1-2-11-26/h1-7,10-13H,8-9H2,(H,21,23)(H,22,27). The molecule has 0 saturated heterocycles. The first-order valence-electron chi connectivity index (χ1n) is 8.66. The van der Waals surface area contributed by atoms with Gasteiger partial charge in [-0.05, 0) is 36.4 Å². The molecule has 0 aliphatic heterocycles. The maximum Gasteiger partial charge on any atom is 0.273 e. The molecule has 140 valence electrons. The number of carbonyl (C=O) groups excluding carboxylic acids is 1. The number of amides is 1. The molecule has 0 radical (unpaired) electrons. The van der Waals surface area contributed by atoms with E-state index in [1.807, 2.05) is 47.3 Å². The van der Waals surface area contributed by atoms with E-state index in [-0.39, 0.29) is 11.6 Å². The summed E-state index contributed by atoms with van der Waals surface area (Å²) in [4.78, 5) is 16.2. The van der Waals surface area contributed by atoms with Gasteiger partial charge in [-0.15, -0.1) is 10.2 Å². The number of pyridine rings is 1. The topological polar surface area (TPSA) is 111 Å². The zero-order chi connectivity index (χ0) is 19.2. The summed E-state index contributed by atoms with van der Waals surface area (Å²) in [5.41, 5.74) is 0.979. The van der Waals surface area contributed by atoms with Crippen LogP contribution in [-0.4, -0.2) is 43.9 Å². The first kappa shape index (κ1) is 17.4. The minimum Gasteiger partial charge on any atom is -0.367 e. The van der Waals surface area contributed by atoms with Gasteiger partial charge in [0.05, 0.1) is 0 Å². The fraction of sp³-hybridized carbons (Fsp3) is 0.105. The highest BCUT2D eigenvalue weighted by atomic mass is 16.5. The normalized spacial score (nSPS) is 10.6. The van der Waals surface area contributed by atoms with Gasteiger partial charge in [-0.2, -0.15) is 0 Å². The fourth-order valence-electron chi connectivity index (χ4n) is 2.53. The Hall–Kier alpha value is -4.01. The molecule has 0 saturated carbocycles. The first-order valence-corrected chi connectivity index (χ1v) is 8.66. The minimum absolute atomic E-state index is 0.217. The SMILES string of the molecule is O=C(NCCNc1ccc(-n2cccc2)nn1)c1cc(-c2cccnc2)on1. The zero-order valence-electron chi connectivity index (χ0n) is 14.8. The molecule has 0 bridgehead atoms. The van der Waals surface area contributed by atoms with Crippen molar-refractivity contribution in [3.05, 3.63) is 72.9 Å². The largest absolute Gasteiger partial charge is 0.367 e. The average Bonchev–Trinajstić information content (AvgIpc) is 3.45. The Balaban J connectivity index is 1.25. The van der Waals surface area contributed by atoms with Crippen molar-refractivity contribution in [2.45, 2.75) is 0 Å². The molecule has 0 aromatic carbocycles. The van der Waals surface area contributed by atoms with Crippen molar-refractivity contribution in [3.8, 4) is 17.1 Å². The second-order valence-corrected chi connectivity index (χ2v) is 5.87. The summed E-state index contributed by atoms with van der Waals surface area (Å²) >= 11 is 0. The lowest BCUT2D eigenvalue weighted by molar-refractivity contribution is 0.0946. The first-order chi connectivity index (χ1) is 13.8. The van der Waals surface area contributed by atoms with E-state index in [4.69, 9.17) is 4.52 Å². The van der Waals surface area contributed by atoms with E-state index in [9.17, 15) is 4.79 Å². The third kappa shape index (κ3) is 4.04. The lowest BCUT2D eigenvalue weighted by Crippen LogP contribution is -2.29. The Labute approximate surface area is 160 Å². The Morgan fingerprint density at radius 2 is 1.96 bits per heavy atom. The Morgan fingerprint density at radius 1 is 1.07 bits per heavy atom. The minimum atomic E-state index is -0.310. The number of carbonyl (C=O) groups is 1. The van der Waals surface area contributed by atoms with Crippen molar-refractivity contribution >= 4 is 11.7 Å². The molecule has 9 heteroatoms. The fourth-order valence-corrected chi connectivity index (χ4v) is 2.53. The van der Waals surface area contributed by atoms with Gasteiger partial charge in [-0.3, -0.25) is 9.78 Å². The van der Waals surface area contributed by atoms with Crippen molar-refractivity contribution in [1.29, 1.82) is 0 Å². The molecule has 9 nitrogen and oxygen atoms in total. The van der Waals surface area contributed by atoms with E-state index in [0.717, 1.165) is 11.4 Å². The van der Waals surface area contributed by atoms with Crippen LogP contribution < -0.4 is 10.6 Å². The lowest BCUT2D eigenvalue weighted by Gasteiger charge is -2.06. The van der Waals surface area contributed by atoms with Crippen molar-refractivity contribution in [2.75, 3.05) is 18.4 Å². The highest BCUT2D eigenvalue weighted by Gasteiger charge is 2.13. The molecule has 0 atom stereocenters. The van der Waals surface area contributed by atoms with E-state index >= 15 is 0 Å². The van der Waals surface area contributed by atoms with Crippen LogP contribution in [0.5, 0.6) is 0 Å². The predicted octanol–water partition coefficient (Wildman–Crippen LogP) is 2.16. The highest BCUT2D eigenvalue weighted by molar-refractivity contribution is 5.93. The van der Waals surface area contributed by atoms with Gasteiger partial charge in [0.1, 0.15) is 5.82 Å². The number of anilines is 1. The van der Waals surface area contributed by atoms with Gasteiger partial charge in [0.25, 0.3) is 5.91 Å². The predicted molar refractivity (Wildman–Crippen MR) is 102 cm³/mol. The highest BCUT2D eigenvalue weighted by Crippen LogP contribution is 2.18. The van der Waals surface area contributed by atoms with Crippen LogP contribution in [0.2, 0.25) is 0 Å². The molecule has 0 aliphatic rings. The number of aromatic nitrogens is 5. The van der Waals surface area contributed by atoms with Crippen molar-refractivity contribution in [2.24, 2.45) is 0 Å². The molecule has 1 amide bonds. The number of hydrogen-bond donors (Lipinski definition) is 2. The van der Waals surface area contributed by atoms with Gasteiger partial charge >= 0.3 is 0 Å². The smallest absolute Gasteiger partial charge is 0.273 e. The van der Waals surface area contributed by atoms with Crippen LogP contribution in [0.15, 0.2) is 71.8 Å². The molecule has 4 aromatic rings. The summed E-state index contributed by atoms with van der Waals surface area (Å²) in [7, 11) is 0. The number of rotatable bonds is 7. The van der Waals surface area contributed by atoms with Crippen molar-refractivity contribution in [1.82, 2.24) is 30.2 Å². The van der Waals surface area contributed by atoms with E-state index in [0.29, 0.717) is 24.7 Å². The third-order valence-corrected chi connectivity index (χ3v) is 3.92. The molecule has 28 heavy (non-hydrogen) atoms. The van der Waals surface area contributed by atoms with E-state index in [2.05, 4.69) is 31.0 Å². The molecule has 4 rings (SSSR count). The van der Waals surface area contributed by atoms with Gasteiger partial charge in [-0.25, -0.2) is 0 Å². The Kier molecular flexibility index (Phi) is 5.05. The van der Waals surface area contributed by atoms with Gasteiger partial charge in [0.15, 0.2) is 17.3 Å². The summed E-state index contributed by atoms with van der Waals surface area (Å²) in [6.07, 6.45) is 7.11. The van der Waals surface area contributed by atoms with Gasteiger partial charge in [0, 0.05) is 49.5 Å². The number of nitrogens with zero attached hydrogens (tertiary/aromatic N) is 5. The van der Waals surface area contributed by atoms with Crippen LogP contribution in [-0.2, 0) is 0 Å². The Bertz CT molecular complexity index is 1030. The maximum atomic E-state index is 12.2. The molecule has 2 N–H and O–H groups in total.